The van der Waals surface area contributed by atoms with Crippen molar-refractivity contribution in [2.45, 2.75) is 17.9 Å². The summed E-state index contributed by atoms with van der Waals surface area (Å²) in [5.74, 6) is 0. The van der Waals surface area contributed by atoms with E-state index in [1.54, 1.807) is 27.3 Å². The molecule has 18 heavy (non-hydrogen) atoms. The molecule has 0 fully saturated rings. The average Bonchev–Trinajstić information content (AvgIpc) is 2.78. The first kappa shape index (κ1) is 15.6. The van der Waals surface area contributed by atoms with Crippen molar-refractivity contribution in [2.24, 2.45) is 0 Å². The Balaban J connectivity index is 2.81. The van der Waals surface area contributed by atoms with Gasteiger partial charge in [-0.05, 0) is 24.9 Å². The van der Waals surface area contributed by atoms with Gasteiger partial charge in [0, 0.05) is 38.7 Å². The molecule has 1 aromatic rings. The van der Waals surface area contributed by atoms with Crippen LogP contribution in [0.25, 0.3) is 0 Å². The molecule has 0 unspecified atom stereocenters. The number of nitrogens with zero attached hydrogens (tertiary/aromatic N) is 1. The van der Waals surface area contributed by atoms with Crippen molar-refractivity contribution in [1.29, 1.82) is 0 Å². The normalized spacial score (nSPS) is 12.2. The molecule has 0 radical (unpaired) electrons. The third-order valence-electron chi connectivity index (χ3n) is 2.55. The van der Waals surface area contributed by atoms with Crippen LogP contribution in [0.3, 0.4) is 0 Å². The fourth-order valence-electron chi connectivity index (χ4n) is 1.57. The van der Waals surface area contributed by atoms with Gasteiger partial charge in [-0.2, -0.15) is 0 Å². The van der Waals surface area contributed by atoms with E-state index in [0.29, 0.717) is 31.0 Å². The Morgan fingerprint density at radius 1 is 1.50 bits per heavy atom. The van der Waals surface area contributed by atoms with Crippen LogP contribution in [0, 0.1) is 0 Å². The lowest BCUT2D eigenvalue weighted by Crippen LogP contribution is -2.29. The minimum atomic E-state index is -3.38. The number of nitrogens with one attached hydrogen (secondary N) is 1. The maximum atomic E-state index is 12.3. The third kappa shape index (κ3) is 3.76. The molecule has 0 spiro atoms. The summed E-state index contributed by atoms with van der Waals surface area (Å²) in [6.45, 7) is 1.59. The van der Waals surface area contributed by atoms with Crippen molar-refractivity contribution in [3.8, 4) is 0 Å². The van der Waals surface area contributed by atoms with E-state index < -0.39 is 10.0 Å². The molecule has 0 saturated carbocycles. The van der Waals surface area contributed by atoms with Gasteiger partial charge in [-0.25, -0.2) is 12.7 Å². The van der Waals surface area contributed by atoms with Gasteiger partial charge in [0.2, 0.25) is 10.0 Å². The van der Waals surface area contributed by atoms with Crippen molar-refractivity contribution in [3.63, 3.8) is 0 Å². The molecule has 0 aliphatic carbocycles. The number of rotatable bonds is 8. The lowest BCUT2D eigenvalue weighted by Gasteiger charge is -2.17. The van der Waals surface area contributed by atoms with E-state index in [2.05, 4.69) is 5.32 Å². The summed E-state index contributed by atoms with van der Waals surface area (Å²) in [5.41, 5.74) is 0. The van der Waals surface area contributed by atoms with E-state index in [1.165, 1.54) is 15.6 Å². The van der Waals surface area contributed by atoms with E-state index in [0.717, 1.165) is 4.88 Å². The summed E-state index contributed by atoms with van der Waals surface area (Å²) < 4.78 is 31.0. The second-order valence-electron chi connectivity index (χ2n) is 3.91. The molecule has 1 heterocycles. The van der Waals surface area contributed by atoms with Crippen LogP contribution in [0.15, 0.2) is 16.3 Å². The Kier molecular flexibility index (Phi) is 6.24. The molecule has 1 N–H and O–H groups in total. The van der Waals surface area contributed by atoms with E-state index >= 15 is 0 Å². The maximum absolute atomic E-state index is 12.3. The second-order valence-corrected chi connectivity index (χ2v) is 6.93. The number of ether oxygens (including phenoxy) is 1. The Morgan fingerprint density at radius 3 is 2.83 bits per heavy atom. The maximum Gasteiger partial charge on any atom is 0.243 e. The van der Waals surface area contributed by atoms with Crippen LogP contribution in [-0.4, -0.2) is 47.1 Å². The standard InChI is InChI=1S/C11H20N2O3S2/c1-12-9-10-11(5-8-17-10)18(14,15)13(2)6-4-7-16-3/h5,8,12H,4,6-7,9H2,1-3H3. The second kappa shape index (κ2) is 7.20. The predicted octanol–water partition coefficient (Wildman–Crippen LogP) is 1.12. The number of hydrogen-bond acceptors (Lipinski definition) is 5. The van der Waals surface area contributed by atoms with Crippen LogP contribution in [0.2, 0.25) is 0 Å². The lowest BCUT2D eigenvalue weighted by molar-refractivity contribution is 0.189. The summed E-state index contributed by atoms with van der Waals surface area (Å²) in [6, 6.07) is 1.67. The summed E-state index contributed by atoms with van der Waals surface area (Å²) in [6.07, 6.45) is 0.692. The minimum Gasteiger partial charge on any atom is -0.385 e. The molecular formula is C11H20N2O3S2. The highest BCUT2D eigenvalue weighted by atomic mass is 32.2. The summed E-state index contributed by atoms with van der Waals surface area (Å²) in [7, 11) is 1.64. The molecule has 0 bridgehead atoms. The van der Waals surface area contributed by atoms with Gasteiger partial charge in [0.1, 0.15) is 0 Å². The molecule has 0 aliphatic rings. The highest BCUT2D eigenvalue weighted by Gasteiger charge is 2.24. The molecule has 1 rings (SSSR count). The zero-order valence-corrected chi connectivity index (χ0v) is 12.6. The largest absolute Gasteiger partial charge is 0.385 e. The number of thiophene rings is 1. The molecule has 0 saturated heterocycles. The first-order chi connectivity index (χ1) is 8.54. The van der Waals surface area contributed by atoms with Gasteiger partial charge in [0.25, 0.3) is 0 Å². The summed E-state index contributed by atoms with van der Waals surface area (Å²) >= 11 is 1.45. The Hall–Kier alpha value is -0.470. The van der Waals surface area contributed by atoms with Crippen LogP contribution in [0.1, 0.15) is 11.3 Å². The quantitative estimate of drug-likeness (QED) is 0.730. The number of sulfonamides is 1. The Bertz CT molecular complexity index is 457. The van der Waals surface area contributed by atoms with E-state index in [4.69, 9.17) is 4.74 Å². The predicted molar refractivity (Wildman–Crippen MR) is 73.4 cm³/mol. The summed E-state index contributed by atoms with van der Waals surface area (Å²) in [5, 5.41) is 4.79. The van der Waals surface area contributed by atoms with Gasteiger partial charge in [-0.3, -0.25) is 0 Å². The molecular weight excluding hydrogens is 272 g/mol. The van der Waals surface area contributed by atoms with Crippen LogP contribution in [0.5, 0.6) is 0 Å². The molecule has 0 aromatic carbocycles. The van der Waals surface area contributed by atoms with Crippen LogP contribution in [0.4, 0.5) is 0 Å². The Morgan fingerprint density at radius 2 is 2.22 bits per heavy atom. The molecule has 0 aliphatic heterocycles. The van der Waals surface area contributed by atoms with E-state index in [-0.39, 0.29) is 0 Å². The van der Waals surface area contributed by atoms with Crippen molar-refractivity contribution in [2.75, 3.05) is 34.4 Å². The van der Waals surface area contributed by atoms with Gasteiger partial charge < -0.3 is 10.1 Å². The van der Waals surface area contributed by atoms with E-state index in [9.17, 15) is 8.42 Å². The Labute approximate surface area is 113 Å². The van der Waals surface area contributed by atoms with Crippen molar-refractivity contribution in [3.05, 3.63) is 16.3 Å². The zero-order valence-electron chi connectivity index (χ0n) is 11.0. The highest BCUT2D eigenvalue weighted by Crippen LogP contribution is 2.24. The fraction of sp³-hybridized carbons (Fsp3) is 0.636. The van der Waals surface area contributed by atoms with E-state index in [1.807, 2.05) is 5.38 Å². The smallest absolute Gasteiger partial charge is 0.243 e. The van der Waals surface area contributed by atoms with Gasteiger partial charge in [-0.1, -0.05) is 0 Å². The molecule has 5 nitrogen and oxygen atoms in total. The number of methoxy groups -OCH3 is 1. The molecule has 104 valence electrons. The topological polar surface area (TPSA) is 58.6 Å². The molecule has 0 atom stereocenters. The first-order valence-electron chi connectivity index (χ1n) is 5.70. The van der Waals surface area contributed by atoms with Crippen LogP contribution in [-0.2, 0) is 21.3 Å². The monoisotopic (exact) mass is 292 g/mol. The highest BCUT2D eigenvalue weighted by molar-refractivity contribution is 7.89. The molecule has 1 aromatic heterocycles. The molecule has 0 amide bonds. The third-order valence-corrected chi connectivity index (χ3v) is 5.54. The number of hydrogen-bond donors (Lipinski definition) is 1. The van der Waals surface area contributed by atoms with Gasteiger partial charge in [0.05, 0.1) is 4.90 Å². The molecule has 7 heteroatoms. The van der Waals surface area contributed by atoms with Crippen LogP contribution >= 0.6 is 11.3 Å². The van der Waals surface area contributed by atoms with Gasteiger partial charge in [0.15, 0.2) is 0 Å². The summed E-state index contributed by atoms with van der Waals surface area (Å²) in [4.78, 5) is 1.25. The minimum absolute atomic E-state index is 0.404. The first-order valence-corrected chi connectivity index (χ1v) is 8.02. The van der Waals surface area contributed by atoms with Crippen molar-refractivity contribution >= 4 is 21.4 Å². The SMILES string of the molecule is CNCc1sccc1S(=O)(=O)N(C)CCCOC. The lowest BCUT2D eigenvalue weighted by atomic mass is 10.4. The van der Waals surface area contributed by atoms with Crippen LogP contribution < -0.4 is 5.32 Å². The van der Waals surface area contributed by atoms with Crippen molar-refractivity contribution in [1.82, 2.24) is 9.62 Å². The average molecular weight is 292 g/mol. The fourth-order valence-corrected chi connectivity index (χ4v) is 4.20. The van der Waals surface area contributed by atoms with Gasteiger partial charge in [-0.15, -0.1) is 11.3 Å². The van der Waals surface area contributed by atoms with Gasteiger partial charge >= 0.3 is 0 Å². The van der Waals surface area contributed by atoms with Crippen molar-refractivity contribution < 1.29 is 13.2 Å². The zero-order chi connectivity index (χ0) is 13.6.